The van der Waals surface area contributed by atoms with E-state index in [4.69, 9.17) is 15.6 Å². The maximum atomic E-state index is 11.8. The number of nitrogen functional groups attached to an aromatic ring is 1. The second-order valence-corrected chi connectivity index (χ2v) is 6.46. The predicted molar refractivity (Wildman–Crippen MR) is 89.2 cm³/mol. The van der Waals surface area contributed by atoms with Gasteiger partial charge in [0, 0.05) is 25.4 Å². The molecule has 1 aliphatic heterocycles. The monoisotopic (exact) mass is 343 g/mol. The Morgan fingerprint density at radius 2 is 2.13 bits per heavy atom. The van der Waals surface area contributed by atoms with E-state index in [0.717, 1.165) is 11.4 Å². The van der Waals surface area contributed by atoms with Crippen molar-refractivity contribution in [2.75, 3.05) is 25.4 Å². The predicted octanol–water partition coefficient (Wildman–Crippen LogP) is 0.744. The SMILES string of the molecule is CC(CCC(=O)NCCc1nnc(N)s1)N1CCCC1.O=CO. The molecule has 0 spiro atoms. The lowest BCUT2D eigenvalue weighted by Gasteiger charge is -2.23. The summed E-state index contributed by atoms with van der Waals surface area (Å²) in [6.45, 7) is 4.93. The standard InChI is InChI=1S/C13H23N5OS.CH2O2/c1-10(18-8-2-3-9-18)4-5-11(19)15-7-6-12-16-17-13(14)20-12;2-1-3/h10H,2-9H2,1H3,(H2,14,17)(H,15,19);1H,(H,2,3). The number of hydrogen-bond donors (Lipinski definition) is 3. The fourth-order valence-corrected chi connectivity index (χ4v) is 3.08. The molecule has 0 aliphatic carbocycles. The number of likely N-dealkylation sites (tertiary alicyclic amines) is 1. The minimum Gasteiger partial charge on any atom is -0.483 e. The Labute approximate surface area is 140 Å². The molecule has 4 N–H and O–H groups in total. The highest BCUT2D eigenvalue weighted by molar-refractivity contribution is 7.15. The van der Waals surface area contributed by atoms with Crippen molar-refractivity contribution in [2.45, 2.75) is 45.1 Å². The summed E-state index contributed by atoms with van der Waals surface area (Å²) in [4.78, 5) is 22.6. The van der Waals surface area contributed by atoms with Gasteiger partial charge in [-0.1, -0.05) is 11.3 Å². The first-order valence-corrected chi connectivity index (χ1v) is 8.55. The van der Waals surface area contributed by atoms with E-state index in [1.54, 1.807) is 0 Å². The number of carbonyl (C=O) groups is 2. The minimum atomic E-state index is -0.250. The summed E-state index contributed by atoms with van der Waals surface area (Å²) in [6.07, 6.45) is 4.80. The van der Waals surface area contributed by atoms with E-state index in [1.165, 1.54) is 37.3 Å². The van der Waals surface area contributed by atoms with Gasteiger partial charge in [0.2, 0.25) is 11.0 Å². The van der Waals surface area contributed by atoms with Crippen LogP contribution in [0.5, 0.6) is 0 Å². The van der Waals surface area contributed by atoms with Crippen LogP contribution in [0.1, 0.15) is 37.6 Å². The Kier molecular flexibility index (Phi) is 9.15. The molecule has 2 rings (SSSR count). The van der Waals surface area contributed by atoms with Gasteiger partial charge in [-0.15, -0.1) is 10.2 Å². The van der Waals surface area contributed by atoms with Gasteiger partial charge < -0.3 is 21.1 Å². The Morgan fingerprint density at radius 1 is 1.48 bits per heavy atom. The zero-order chi connectivity index (χ0) is 17.1. The average molecular weight is 343 g/mol. The number of nitrogens with one attached hydrogen (secondary N) is 1. The summed E-state index contributed by atoms with van der Waals surface area (Å²) in [5.74, 6) is 0.119. The van der Waals surface area contributed by atoms with Crippen molar-refractivity contribution >= 4 is 28.8 Å². The van der Waals surface area contributed by atoms with Crippen molar-refractivity contribution in [1.29, 1.82) is 0 Å². The van der Waals surface area contributed by atoms with Crippen LogP contribution in [0.4, 0.5) is 5.13 Å². The summed E-state index contributed by atoms with van der Waals surface area (Å²) in [5.41, 5.74) is 5.50. The zero-order valence-corrected chi connectivity index (χ0v) is 14.2. The Bertz CT molecular complexity index is 477. The smallest absolute Gasteiger partial charge is 0.290 e. The lowest BCUT2D eigenvalue weighted by atomic mass is 10.1. The fourth-order valence-electron chi connectivity index (χ4n) is 2.47. The van der Waals surface area contributed by atoms with Crippen LogP contribution >= 0.6 is 11.3 Å². The van der Waals surface area contributed by atoms with E-state index in [1.807, 2.05) is 0 Å². The van der Waals surface area contributed by atoms with Gasteiger partial charge in [-0.3, -0.25) is 9.59 Å². The third kappa shape index (κ3) is 7.89. The maximum absolute atomic E-state index is 11.8. The second-order valence-electron chi connectivity index (χ2n) is 5.37. The molecule has 130 valence electrons. The van der Waals surface area contributed by atoms with Crippen LogP contribution in [0, 0.1) is 0 Å². The minimum absolute atomic E-state index is 0.119. The first-order valence-electron chi connectivity index (χ1n) is 7.73. The lowest BCUT2D eigenvalue weighted by Crippen LogP contribution is -2.32. The number of nitrogens with zero attached hydrogens (tertiary/aromatic N) is 3. The molecule has 9 heteroatoms. The zero-order valence-electron chi connectivity index (χ0n) is 13.4. The third-order valence-corrected chi connectivity index (χ3v) is 4.51. The molecule has 1 unspecified atom stereocenters. The highest BCUT2D eigenvalue weighted by Gasteiger charge is 2.18. The highest BCUT2D eigenvalue weighted by Crippen LogP contribution is 2.15. The molecule has 1 aromatic rings. The van der Waals surface area contributed by atoms with Crippen LogP contribution in [0.25, 0.3) is 0 Å². The van der Waals surface area contributed by atoms with Crippen molar-refractivity contribution in [1.82, 2.24) is 20.4 Å². The van der Waals surface area contributed by atoms with E-state index < -0.39 is 0 Å². The van der Waals surface area contributed by atoms with Gasteiger partial charge in [0.25, 0.3) is 6.47 Å². The number of amides is 1. The highest BCUT2D eigenvalue weighted by atomic mass is 32.1. The number of hydrogen-bond acceptors (Lipinski definition) is 7. The van der Waals surface area contributed by atoms with Crippen LogP contribution in [0.2, 0.25) is 0 Å². The number of nitrogens with two attached hydrogens (primary N) is 1. The summed E-state index contributed by atoms with van der Waals surface area (Å²) in [7, 11) is 0. The molecule has 1 saturated heterocycles. The molecule has 0 bridgehead atoms. The average Bonchev–Trinajstić information content (AvgIpc) is 3.17. The van der Waals surface area contributed by atoms with Crippen LogP contribution in [-0.4, -0.2) is 58.3 Å². The number of anilines is 1. The molecule has 8 nitrogen and oxygen atoms in total. The van der Waals surface area contributed by atoms with Crippen molar-refractivity contribution in [2.24, 2.45) is 0 Å². The van der Waals surface area contributed by atoms with Crippen molar-refractivity contribution < 1.29 is 14.7 Å². The molecule has 23 heavy (non-hydrogen) atoms. The molecule has 1 aromatic heterocycles. The first-order chi connectivity index (χ1) is 11.1. The molecule has 1 aliphatic rings. The summed E-state index contributed by atoms with van der Waals surface area (Å²) in [5, 5.41) is 18.8. The lowest BCUT2D eigenvalue weighted by molar-refractivity contribution is -0.123. The summed E-state index contributed by atoms with van der Waals surface area (Å²) in [6, 6.07) is 0.506. The van der Waals surface area contributed by atoms with Crippen LogP contribution in [0.3, 0.4) is 0 Å². The van der Waals surface area contributed by atoms with E-state index in [-0.39, 0.29) is 12.4 Å². The van der Waals surface area contributed by atoms with Gasteiger partial charge in [-0.25, -0.2) is 0 Å². The third-order valence-electron chi connectivity index (χ3n) is 3.70. The normalized spacial score (nSPS) is 15.5. The number of carboxylic acid groups (broad SMARTS) is 1. The molecule has 1 fully saturated rings. The van der Waals surface area contributed by atoms with Crippen molar-refractivity contribution in [3.8, 4) is 0 Å². The van der Waals surface area contributed by atoms with Crippen molar-refractivity contribution in [3.63, 3.8) is 0 Å². The van der Waals surface area contributed by atoms with Gasteiger partial charge in [0.05, 0.1) is 0 Å². The molecule has 1 atom stereocenters. The second kappa shape index (κ2) is 10.9. The van der Waals surface area contributed by atoms with E-state index >= 15 is 0 Å². The molecular formula is C14H25N5O3S. The Balaban J connectivity index is 0.000000816. The van der Waals surface area contributed by atoms with Crippen LogP contribution in [0.15, 0.2) is 0 Å². The number of carbonyl (C=O) groups excluding carboxylic acids is 1. The molecule has 0 aromatic carbocycles. The van der Waals surface area contributed by atoms with Gasteiger partial charge in [-0.05, 0) is 39.3 Å². The summed E-state index contributed by atoms with van der Waals surface area (Å²) < 4.78 is 0. The number of rotatable bonds is 7. The first kappa shape index (κ1) is 19.3. The maximum Gasteiger partial charge on any atom is 0.290 e. The topological polar surface area (TPSA) is 121 Å². The van der Waals surface area contributed by atoms with Crippen LogP contribution in [-0.2, 0) is 16.0 Å². The largest absolute Gasteiger partial charge is 0.483 e. The van der Waals surface area contributed by atoms with Gasteiger partial charge in [-0.2, -0.15) is 0 Å². The van der Waals surface area contributed by atoms with Gasteiger partial charge >= 0.3 is 0 Å². The molecule has 0 radical (unpaired) electrons. The quantitative estimate of drug-likeness (QED) is 0.624. The van der Waals surface area contributed by atoms with Crippen LogP contribution < -0.4 is 11.1 Å². The molecule has 1 amide bonds. The van der Waals surface area contributed by atoms with Crippen molar-refractivity contribution in [3.05, 3.63) is 5.01 Å². The Hall–Kier alpha value is -1.74. The van der Waals surface area contributed by atoms with Gasteiger partial charge in [0.1, 0.15) is 5.01 Å². The van der Waals surface area contributed by atoms with Gasteiger partial charge in [0.15, 0.2) is 0 Å². The summed E-state index contributed by atoms with van der Waals surface area (Å²) >= 11 is 1.37. The molecular weight excluding hydrogens is 318 g/mol. The number of aromatic nitrogens is 2. The molecule has 0 saturated carbocycles. The molecule has 2 heterocycles. The Morgan fingerprint density at radius 3 is 2.70 bits per heavy atom. The fraction of sp³-hybridized carbons (Fsp3) is 0.714. The van der Waals surface area contributed by atoms with E-state index in [9.17, 15) is 4.79 Å². The van der Waals surface area contributed by atoms with E-state index in [2.05, 4.69) is 27.3 Å². The van der Waals surface area contributed by atoms with E-state index in [0.29, 0.717) is 30.6 Å².